The average Bonchev–Trinajstić information content (AvgIpc) is 3.52. The van der Waals surface area contributed by atoms with Crippen molar-refractivity contribution in [3.8, 4) is 11.3 Å². The molecule has 1 aliphatic carbocycles. The van der Waals surface area contributed by atoms with Gasteiger partial charge in [-0.05, 0) is 73.7 Å². The number of imidazole rings is 1. The van der Waals surface area contributed by atoms with Gasteiger partial charge in [-0.15, -0.1) is 0 Å². The lowest BCUT2D eigenvalue weighted by Gasteiger charge is -2.13. The van der Waals surface area contributed by atoms with Crippen molar-refractivity contribution in [3.63, 3.8) is 0 Å². The Labute approximate surface area is 217 Å². The van der Waals surface area contributed by atoms with Gasteiger partial charge in [-0.3, -0.25) is 4.79 Å². The molecule has 0 spiro atoms. The van der Waals surface area contributed by atoms with Gasteiger partial charge in [-0.25, -0.2) is 13.9 Å². The van der Waals surface area contributed by atoms with Gasteiger partial charge in [0.05, 0.1) is 29.7 Å². The maximum absolute atomic E-state index is 14.0. The lowest BCUT2D eigenvalue weighted by Crippen LogP contribution is -2.26. The first-order chi connectivity index (χ1) is 18.1. The predicted octanol–water partition coefficient (Wildman–Crippen LogP) is 6.00. The van der Waals surface area contributed by atoms with E-state index in [0.29, 0.717) is 33.8 Å². The second kappa shape index (κ2) is 10.1. The first kappa shape index (κ1) is 25.7. The highest BCUT2D eigenvalue weighted by molar-refractivity contribution is 5.96. The molecule has 10 heteroatoms. The summed E-state index contributed by atoms with van der Waals surface area (Å²) in [4.78, 5) is 17.0. The molecule has 198 valence electrons. The number of halogens is 4. The van der Waals surface area contributed by atoms with Crippen molar-refractivity contribution >= 4 is 17.2 Å². The molecule has 0 aliphatic heterocycles. The average molecular weight is 526 g/mol. The van der Waals surface area contributed by atoms with E-state index in [0.717, 1.165) is 29.5 Å². The van der Waals surface area contributed by atoms with Crippen LogP contribution in [0, 0.1) is 19.7 Å². The maximum atomic E-state index is 14.0. The molecular weight excluding hydrogens is 498 g/mol. The number of nitrogens with zero attached hydrogens (tertiary/aromatic N) is 3. The Morgan fingerprint density at radius 2 is 1.89 bits per heavy atom. The number of hydrogen-bond donors (Lipinski definition) is 2. The third kappa shape index (κ3) is 5.95. The monoisotopic (exact) mass is 525 g/mol. The predicted molar refractivity (Wildman–Crippen MR) is 137 cm³/mol. The minimum Gasteiger partial charge on any atom is -0.382 e. The SMILES string of the molecule is Cc1cc(F)cc(Cc2cc(NCCC(F)(F)F)c3ncc(-c4ccc(C(=O)NC5CC5)c(C)c4)n3n2)c1. The molecule has 2 heterocycles. The van der Waals surface area contributed by atoms with Gasteiger partial charge < -0.3 is 10.6 Å². The highest BCUT2D eigenvalue weighted by Gasteiger charge is 2.27. The summed E-state index contributed by atoms with van der Waals surface area (Å²) < 4.78 is 54.0. The van der Waals surface area contributed by atoms with Gasteiger partial charge in [-0.2, -0.15) is 18.3 Å². The Bertz CT molecular complexity index is 1490. The minimum atomic E-state index is -4.30. The molecule has 5 rings (SSSR count). The van der Waals surface area contributed by atoms with Crippen molar-refractivity contribution in [2.24, 2.45) is 0 Å². The number of rotatable bonds is 8. The lowest BCUT2D eigenvalue weighted by molar-refractivity contribution is -0.131. The molecular formula is C28H27F4N5O. The molecule has 0 bridgehead atoms. The molecule has 0 atom stereocenters. The fourth-order valence-electron chi connectivity index (χ4n) is 4.46. The number of carbonyl (C=O) groups is 1. The quantitative estimate of drug-likeness (QED) is 0.277. The number of anilines is 1. The van der Waals surface area contributed by atoms with E-state index in [9.17, 15) is 22.4 Å². The number of alkyl halides is 3. The van der Waals surface area contributed by atoms with E-state index in [1.54, 1.807) is 35.8 Å². The second-order valence-electron chi connectivity index (χ2n) is 9.81. The van der Waals surface area contributed by atoms with E-state index in [4.69, 9.17) is 5.10 Å². The molecule has 0 radical (unpaired) electrons. The topological polar surface area (TPSA) is 71.3 Å². The molecule has 2 aromatic heterocycles. The maximum Gasteiger partial charge on any atom is 0.390 e. The van der Waals surface area contributed by atoms with Crippen LogP contribution in [0.1, 0.15) is 52.0 Å². The molecule has 1 saturated carbocycles. The number of carbonyl (C=O) groups excluding carboxylic acids is 1. The molecule has 4 aromatic rings. The number of nitrogens with one attached hydrogen (secondary N) is 2. The summed E-state index contributed by atoms with van der Waals surface area (Å²) in [6, 6.07) is 12.0. The van der Waals surface area contributed by atoms with Gasteiger partial charge in [-0.1, -0.05) is 12.1 Å². The first-order valence-corrected chi connectivity index (χ1v) is 12.4. The molecule has 0 unspecified atom stereocenters. The molecule has 1 amide bonds. The van der Waals surface area contributed by atoms with Crippen LogP contribution in [-0.4, -0.2) is 39.3 Å². The zero-order chi connectivity index (χ0) is 27.0. The van der Waals surface area contributed by atoms with Crippen LogP contribution in [0.15, 0.2) is 48.7 Å². The minimum absolute atomic E-state index is 0.114. The fourth-order valence-corrected chi connectivity index (χ4v) is 4.46. The zero-order valence-electron chi connectivity index (χ0n) is 21.0. The van der Waals surface area contributed by atoms with Crippen LogP contribution in [-0.2, 0) is 6.42 Å². The van der Waals surface area contributed by atoms with Gasteiger partial charge >= 0.3 is 6.18 Å². The Morgan fingerprint density at radius 1 is 1.11 bits per heavy atom. The summed E-state index contributed by atoms with van der Waals surface area (Å²) in [6.07, 6.45) is -1.44. The van der Waals surface area contributed by atoms with Crippen molar-refractivity contribution in [3.05, 3.63) is 82.4 Å². The van der Waals surface area contributed by atoms with E-state index in [2.05, 4.69) is 15.6 Å². The standard InChI is InChI=1S/C28H27F4N5O/c1-16-9-18(12-20(29)10-16)13-22-14-24(33-8-7-28(30,31)32)26-34-15-25(37(26)36-22)19-3-6-23(17(2)11-19)27(38)35-21-4-5-21/h3,6,9-12,14-15,21,33H,4-5,7-8,13H2,1-2H3,(H,35,38). The van der Waals surface area contributed by atoms with Crippen LogP contribution in [0.4, 0.5) is 23.2 Å². The van der Waals surface area contributed by atoms with E-state index in [-0.39, 0.29) is 30.7 Å². The summed E-state index contributed by atoms with van der Waals surface area (Å²) in [5.74, 6) is -0.481. The van der Waals surface area contributed by atoms with Gasteiger partial charge in [0.2, 0.25) is 0 Å². The summed E-state index contributed by atoms with van der Waals surface area (Å²) in [7, 11) is 0. The third-order valence-corrected chi connectivity index (χ3v) is 6.41. The summed E-state index contributed by atoms with van der Waals surface area (Å²) in [5, 5.41) is 10.5. The van der Waals surface area contributed by atoms with Crippen LogP contribution in [0.2, 0.25) is 0 Å². The molecule has 0 saturated heterocycles. The van der Waals surface area contributed by atoms with Crippen LogP contribution in [0.5, 0.6) is 0 Å². The van der Waals surface area contributed by atoms with Gasteiger partial charge in [0.25, 0.3) is 5.91 Å². The Kier molecular flexibility index (Phi) is 6.81. The Balaban J connectivity index is 1.52. The van der Waals surface area contributed by atoms with Crippen molar-refractivity contribution < 1.29 is 22.4 Å². The van der Waals surface area contributed by atoms with Crippen LogP contribution >= 0.6 is 0 Å². The van der Waals surface area contributed by atoms with Crippen LogP contribution < -0.4 is 10.6 Å². The smallest absolute Gasteiger partial charge is 0.382 e. The summed E-state index contributed by atoms with van der Waals surface area (Å²) in [6.45, 7) is 3.32. The normalized spacial score (nSPS) is 13.6. The van der Waals surface area contributed by atoms with Gasteiger partial charge in [0.1, 0.15) is 5.82 Å². The van der Waals surface area contributed by atoms with Crippen molar-refractivity contribution in [1.29, 1.82) is 0 Å². The zero-order valence-corrected chi connectivity index (χ0v) is 21.0. The van der Waals surface area contributed by atoms with Crippen molar-refractivity contribution in [2.75, 3.05) is 11.9 Å². The van der Waals surface area contributed by atoms with Crippen LogP contribution in [0.25, 0.3) is 16.9 Å². The number of aryl methyl sites for hydroxylation is 2. The molecule has 2 aromatic carbocycles. The second-order valence-corrected chi connectivity index (χ2v) is 9.81. The number of benzene rings is 2. The van der Waals surface area contributed by atoms with E-state index in [1.165, 1.54) is 12.1 Å². The van der Waals surface area contributed by atoms with E-state index < -0.39 is 12.6 Å². The molecule has 38 heavy (non-hydrogen) atoms. The number of amides is 1. The van der Waals surface area contributed by atoms with Gasteiger partial charge in [0, 0.05) is 30.1 Å². The number of hydrogen-bond acceptors (Lipinski definition) is 4. The fraction of sp³-hybridized carbons (Fsp3) is 0.321. The van der Waals surface area contributed by atoms with Crippen LogP contribution in [0.3, 0.4) is 0 Å². The Morgan fingerprint density at radius 3 is 2.58 bits per heavy atom. The third-order valence-electron chi connectivity index (χ3n) is 6.41. The Hall–Kier alpha value is -3.95. The lowest BCUT2D eigenvalue weighted by atomic mass is 10.0. The highest BCUT2D eigenvalue weighted by atomic mass is 19.4. The highest BCUT2D eigenvalue weighted by Crippen LogP contribution is 2.28. The summed E-state index contributed by atoms with van der Waals surface area (Å²) in [5.41, 5.74) is 5.50. The number of fused-ring (bicyclic) bond motifs is 1. The van der Waals surface area contributed by atoms with Gasteiger partial charge in [0.15, 0.2) is 5.65 Å². The van der Waals surface area contributed by atoms with Crippen molar-refractivity contribution in [2.45, 2.75) is 51.7 Å². The largest absolute Gasteiger partial charge is 0.390 e. The molecule has 6 nitrogen and oxygen atoms in total. The van der Waals surface area contributed by atoms with Crippen molar-refractivity contribution in [1.82, 2.24) is 19.9 Å². The molecule has 2 N–H and O–H groups in total. The molecule has 1 fully saturated rings. The van der Waals surface area contributed by atoms with E-state index >= 15 is 0 Å². The number of aromatic nitrogens is 3. The summed E-state index contributed by atoms with van der Waals surface area (Å²) >= 11 is 0. The molecule has 1 aliphatic rings. The van der Waals surface area contributed by atoms with E-state index in [1.807, 2.05) is 19.1 Å². The first-order valence-electron chi connectivity index (χ1n) is 12.4.